The molecule has 1 aromatic carbocycles. The first-order valence-corrected chi connectivity index (χ1v) is 14.9. The molecule has 2 aromatic heterocycles. The van der Waals surface area contributed by atoms with Gasteiger partial charge in [-0.1, -0.05) is 12.1 Å². The molecule has 3 aliphatic rings. The molecule has 1 amide bonds. The summed E-state index contributed by atoms with van der Waals surface area (Å²) in [7, 11) is 0. The predicted octanol–water partition coefficient (Wildman–Crippen LogP) is 5.56. The molecule has 0 aliphatic carbocycles. The van der Waals surface area contributed by atoms with Crippen LogP contribution >= 0.6 is 11.3 Å². The minimum Gasteiger partial charge on any atom is -0.459 e. The van der Waals surface area contributed by atoms with Gasteiger partial charge in [-0.25, -0.2) is 4.98 Å². The number of aromatic nitrogens is 1. The molecule has 200 valence electrons. The van der Waals surface area contributed by atoms with E-state index >= 15 is 0 Å². The molecule has 7 nitrogen and oxygen atoms in total. The number of hydrogen-bond acceptors (Lipinski definition) is 7. The molecule has 3 aliphatic heterocycles. The first kappa shape index (κ1) is 25.3. The third-order valence-electron chi connectivity index (χ3n) is 8.33. The van der Waals surface area contributed by atoms with Crippen LogP contribution < -0.4 is 5.32 Å². The summed E-state index contributed by atoms with van der Waals surface area (Å²) in [4.78, 5) is 33.8. The van der Waals surface area contributed by atoms with Crippen LogP contribution in [0.1, 0.15) is 61.7 Å². The Morgan fingerprint density at radius 3 is 2.55 bits per heavy atom. The maximum atomic E-state index is 12.9. The Balaban J connectivity index is 1.07. The Hall–Kier alpha value is -2.97. The Kier molecular flexibility index (Phi) is 7.34. The average molecular weight is 533 g/mol. The van der Waals surface area contributed by atoms with Gasteiger partial charge in [0.25, 0.3) is 5.91 Å². The van der Waals surface area contributed by atoms with Crippen molar-refractivity contribution in [1.29, 1.82) is 0 Å². The van der Waals surface area contributed by atoms with Crippen LogP contribution in [0.4, 0.5) is 5.69 Å². The van der Waals surface area contributed by atoms with Gasteiger partial charge in [0.05, 0.1) is 21.6 Å². The summed E-state index contributed by atoms with van der Waals surface area (Å²) in [6.45, 7) is 5.64. The van der Waals surface area contributed by atoms with E-state index in [1.807, 2.05) is 29.2 Å². The molecular formula is C30H36N4O3S. The van der Waals surface area contributed by atoms with Gasteiger partial charge in [-0.3, -0.25) is 9.59 Å². The number of nitrogens with one attached hydrogen (secondary N) is 1. The van der Waals surface area contributed by atoms with Crippen molar-refractivity contribution in [1.82, 2.24) is 14.8 Å². The largest absolute Gasteiger partial charge is 0.459 e. The van der Waals surface area contributed by atoms with E-state index in [0.717, 1.165) is 106 Å². The number of esters is 1. The first-order chi connectivity index (χ1) is 18.6. The van der Waals surface area contributed by atoms with Crippen molar-refractivity contribution in [3.05, 3.63) is 47.3 Å². The highest BCUT2D eigenvalue weighted by molar-refractivity contribution is 7.17. The lowest BCUT2D eigenvalue weighted by Gasteiger charge is -2.38. The molecule has 8 heteroatoms. The molecule has 0 atom stereocenters. The summed E-state index contributed by atoms with van der Waals surface area (Å²) in [6.07, 6.45) is 7.84. The Morgan fingerprint density at radius 1 is 1.03 bits per heavy atom. The summed E-state index contributed by atoms with van der Waals surface area (Å²) >= 11 is 1.71. The van der Waals surface area contributed by atoms with Crippen molar-refractivity contribution in [3.8, 4) is 11.3 Å². The van der Waals surface area contributed by atoms with Crippen LogP contribution in [0.5, 0.6) is 0 Å². The maximum Gasteiger partial charge on any atom is 0.306 e. The first-order valence-electron chi connectivity index (χ1n) is 14.0. The van der Waals surface area contributed by atoms with Crippen LogP contribution in [-0.4, -0.2) is 71.5 Å². The quantitative estimate of drug-likeness (QED) is 0.317. The molecule has 0 bridgehead atoms. The number of thiophene rings is 1. The second-order valence-corrected chi connectivity index (χ2v) is 11.8. The van der Waals surface area contributed by atoms with Crippen LogP contribution in [0.25, 0.3) is 21.5 Å². The number of piperidine rings is 2. The smallest absolute Gasteiger partial charge is 0.306 e. The number of rotatable bonds is 7. The number of hydrogen-bond donors (Lipinski definition) is 1. The number of anilines is 1. The van der Waals surface area contributed by atoms with Crippen LogP contribution in [0.3, 0.4) is 0 Å². The number of carbonyl (C=O) groups is 2. The summed E-state index contributed by atoms with van der Waals surface area (Å²) in [5.41, 5.74) is 4.62. The van der Waals surface area contributed by atoms with Gasteiger partial charge in [0.2, 0.25) is 0 Å². The highest BCUT2D eigenvalue weighted by Crippen LogP contribution is 2.36. The van der Waals surface area contributed by atoms with Crippen LogP contribution in [0.15, 0.2) is 41.8 Å². The molecule has 6 rings (SSSR count). The van der Waals surface area contributed by atoms with E-state index in [0.29, 0.717) is 6.42 Å². The fourth-order valence-corrected chi connectivity index (χ4v) is 6.86. The molecule has 0 radical (unpaired) electrons. The van der Waals surface area contributed by atoms with Crippen molar-refractivity contribution in [3.63, 3.8) is 0 Å². The highest BCUT2D eigenvalue weighted by Gasteiger charge is 2.42. The predicted molar refractivity (Wildman–Crippen MR) is 152 cm³/mol. The minimum absolute atomic E-state index is 0.0267. The summed E-state index contributed by atoms with van der Waals surface area (Å²) in [6, 6.07) is 12.1. The van der Waals surface area contributed by atoms with Gasteiger partial charge in [0.1, 0.15) is 5.60 Å². The van der Waals surface area contributed by atoms with E-state index in [2.05, 4.69) is 27.7 Å². The van der Waals surface area contributed by atoms with Crippen LogP contribution in [-0.2, 0) is 9.53 Å². The standard InChI is InChI=1S/C30H36N4O3S/c35-27-9-11-30(37-27)12-18-33(19-13-30)15-4-14-31-26-21-25(32-24-10-20-38-28(24)26)22-5-7-23(8-6-22)29(36)34-16-2-1-3-17-34/h5-8,10,20-21H,1-4,9,11-19H2,(H,31,32). The van der Waals surface area contributed by atoms with Gasteiger partial charge in [0, 0.05) is 50.3 Å². The topological polar surface area (TPSA) is 74.8 Å². The maximum absolute atomic E-state index is 12.9. The van der Waals surface area contributed by atoms with Gasteiger partial charge in [-0.15, -0.1) is 11.3 Å². The number of benzene rings is 1. The lowest BCUT2D eigenvalue weighted by molar-refractivity contribution is -0.151. The van der Waals surface area contributed by atoms with E-state index in [-0.39, 0.29) is 17.5 Å². The Labute approximate surface area is 228 Å². The van der Waals surface area contributed by atoms with Crippen molar-refractivity contribution >= 4 is 39.1 Å². The SMILES string of the molecule is O=C1CCC2(CCN(CCCNc3cc(-c4ccc(C(=O)N5CCCCC5)cc4)nc4ccsc34)CC2)O1. The van der Waals surface area contributed by atoms with Crippen LogP contribution in [0.2, 0.25) is 0 Å². The molecule has 3 aromatic rings. The fourth-order valence-electron chi connectivity index (χ4n) is 6.03. The van der Waals surface area contributed by atoms with Crippen molar-refractivity contribution in [2.75, 3.05) is 44.6 Å². The number of amides is 1. The number of pyridine rings is 1. The van der Waals surface area contributed by atoms with Crippen LogP contribution in [0, 0.1) is 0 Å². The summed E-state index contributed by atoms with van der Waals surface area (Å²) in [5.74, 6) is 0.106. The number of nitrogens with zero attached hydrogens (tertiary/aromatic N) is 3. The minimum atomic E-state index is -0.177. The number of ether oxygens (including phenoxy) is 1. The molecule has 1 spiro atoms. The van der Waals surface area contributed by atoms with Gasteiger partial charge < -0.3 is 19.9 Å². The highest BCUT2D eigenvalue weighted by atomic mass is 32.1. The van der Waals surface area contributed by atoms with E-state index in [9.17, 15) is 9.59 Å². The van der Waals surface area contributed by atoms with E-state index in [4.69, 9.17) is 9.72 Å². The second-order valence-electron chi connectivity index (χ2n) is 10.9. The molecule has 5 heterocycles. The molecular weight excluding hydrogens is 496 g/mol. The van der Waals surface area contributed by atoms with Crippen molar-refractivity contribution < 1.29 is 14.3 Å². The summed E-state index contributed by atoms with van der Waals surface area (Å²) in [5, 5.41) is 5.75. The number of likely N-dealkylation sites (tertiary alicyclic amines) is 2. The van der Waals surface area contributed by atoms with Gasteiger partial charge >= 0.3 is 5.97 Å². The monoisotopic (exact) mass is 532 g/mol. The molecule has 3 fully saturated rings. The van der Waals surface area contributed by atoms with E-state index < -0.39 is 0 Å². The normalized spacial score (nSPS) is 19.7. The number of carbonyl (C=O) groups excluding carboxylic acids is 2. The zero-order valence-corrected chi connectivity index (χ0v) is 22.7. The third-order valence-corrected chi connectivity index (χ3v) is 9.27. The van der Waals surface area contributed by atoms with Crippen molar-refractivity contribution in [2.45, 2.75) is 57.0 Å². The lowest BCUT2D eigenvalue weighted by Crippen LogP contribution is -2.44. The molecule has 38 heavy (non-hydrogen) atoms. The molecule has 1 N–H and O–H groups in total. The fraction of sp³-hybridized carbons (Fsp3) is 0.500. The van der Waals surface area contributed by atoms with Gasteiger partial charge in [-0.05, 0) is 81.1 Å². The molecule has 3 saturated heterocycles. The Bertz CT molecular complexity index is 1290. The summed E-state index contributed by atoms with van der Waals surface area (Å²) < 4.78 is 6.82. The zero-order valence-electron chi connectivity index (χ0n) is 21.9. The molecule has 0 unspecified atom stereocenters. The zero-order chi connectivity index (χ0) is 26.0. The van der Waals surface area contributed by atoms with E-state index in [1.165, 1.54) is 11.1 Å². The van der Waals surface area contributed by atoms with Gasteiger partial charge in [0.15, 0.2) is 0 Å². The van der Waals surface area contributed by atoms with Gasteiger partial charge in [-0.2, -0.15) is 0 Å². The second kappa shape index (κ2) is 11.0. The van der Waals surface area contributed by atoms with Crippen molar-refractivity contribution in [2.24, 2.45) is 0 Å². The van der Waals surface area contributed by atoms with E-state index in [1.54, 1.807) is 11.3 Å². The Morgan fingerprint density at radius 2 is 1.82 bits per heavy atom. The lowest BCUT2D eigenvalue weighted by atomic mass is 9.88. The average Bonchev–Trinajstić information content (AvgIpc) is 3.59. The third kappa shape index (κ3) is 5.43. The molecule has 0 saturated carbocycles. The number of fused-ring (bicyclic) bond motifs is 1.